The van der Waals surface area contributed by atoms with Crippen LogP contribution in [0.5, 0.6) is 5.75 Å². The van der Waals surface area contributed by atoms with Gasteiger partial charge < -0.3 is 15.2 Å². The fourth-order valence-corrected chi connectivity index (χ4v) is 2.46. The van der Waals surface area contributed by atoms with E-state index in [2.05, 4.69) is 10.3 Å². The van der Waals surface area contributed by atoms with Crippen molar-refractivity contribution in [3.8, 4) is 16.9 Å². The molecule has 1 aromatic heterocycles. The van der Waals surface area contributed by atoms with E-state index in [4.69, 9.17) is 20.6 Å². The molecule has 0 aliphatic heterocycles. The van der Waals surface area contributed by atoms with Crippen molar-refractivity contribution < 1.29 is 14.3 Å². The maximum absolute atomic E-state index is 11.7. The van der Waals surface area contributed by atoms with Gasteiger partial charge in [-0.3, -0.25) is 20.5 Å². The number of pyridine rings is 1. The van der Waals surface area contributed by atoms with Crippen LogP contribution in [0, 0.1) is 5.41 Å². The van der Waals surface area contributed by atoms with E-state index in [9.17, 15) is 4.79 Å². The number of nitrogens with one attached hydrogen (secondary N) is 2. The van der Waals surface area contributed by atoms with Gasteiger partial charge >= 0.3 is 0 Å². The highest BCUT2D eigenvalue weighted by Gasteiger charge is 2.10. The Hall–Kier alpha value is -2.93. The predicted molar refractivity (Wildman–Crippen MR) is 100 cm³/mol. The van der Waals surface area contributed by atoms with E-state index < -0.39 is 0 Å². The molecule has 2 aromatic rings. The number of rotatable bonds is 9. The molecule has 0 aliphatic carbocycles. The van der Waals surface area contributed by atoms with Crippen LogP contribution in [-0.4, -0.2) is 37.2 Å². The van der Waals surface area contributed by atoms with Gasteiger partial charge in [-0.15, -0.1) is 0 Å². The first kappa shape index (κ1) is 19.4. The molecule has 0 atom stereocenters. The second-order valence-electron chi connectivity index (χ2n) is 5.73. The van der Waals surface area contributed by atoms with Crippen LogP contribution in [0.4, 0.5) is 0 Å². The van der Waals surface area contributed by atoms with E-state index in [0.717, 1.165) is 28.9 Å². The monoisotopic (exact) mass is 356 g/mol. The van der Waals surface area contributed by atoms with Gasteiger partial charge in [-0.1, -0.05) is 18.2 Å². The highest BCUT2D eigenvalue weighted by molar-refractivity contribution is 5.94. The maximum atomic E-state index is 11.7. The normalized spacial score (nSPS) is 10.3. The van der Waals surface area contributed by atoms with E-state index in [1.165, 1.54) is 0 Å². The van der Waals surface area contributed by atoms with Crippen molar-refractivity contribution in [1.29, 1.82) is 5.41 Å². The van der Waals surface area contributed by atoms with Gasteiger partial charge in [0.2, 0.25) is 5.91 Å². The summed E-state index contributed by atoms with van der Waals surface area (Å²) in [5.41, 5.74) is 8.05. The Morgan fingerprint density at radius 1 is 1.31 bits per heavy atom. The molecule has 0 bridgehead atoms. The van der Waals surface area contributed by atoms with Crippen molar-refractivity contribution in [2.24, 2.45) is 5.73 Å². The Balaban J connectivity index is 2.13. The van der Waals surface area contributed by atoms with E-state index in [-0.39, 0.29) is 18.3 Å². The number of guanidine groups is 1. The number of carbonyl (C=O) groups is 1. The highest BCUT2D eigenvalue weighted by atomic mass is 16.5. The number of aromatic nitrogens is 1. The first-order chi connectivity index (χ1) is 12.6. The van der Waals surface area contributed by atoms with E-state index in [1.54, 1.807) is 19.5 Å². The molecule has 0 spiro atoms. The molecule has 138 valence electrons. The SMILES string of the molecule is COCCCOc1cc(CCC(=O)NC(=N)N)ccc1-c1cccnc1. The number of ether oxygens (including phenoxy) is 2. The average Bonchev–Trinajstić information content (AvgIpc) is 2.64. The molecule has 1 heterocycles. The Bertz CT molecular complexity index is 735. The first-order valence-corrected chi connectivity index (χ1v) is 8.39. The van der Waals surface area contributed by atoms with Crippen molar-refractivity contribution in [2.75, 3.05) is 20.3 Å². The molecule has 0 saturated carbocycles. The van der Waals surface area contributed by atoms with Gasteiger partial charge in [0.25, 0.3) is 0 Å². The molecular formula is C19H24N4O3. The Morgan fingerprint density at radius 2 is 2.15 bits per heavy atom. The number of benzene rings is 1. The van der Waals surface area contributed by atoms with Gasteiger partial charge in [-0.05, 0) is 24.1 Å². The van der Waals surface area contributed by atoms with Crippen molar-refractivity contribution in [3.63, 3.8) is 0 Å². The lowest BCUT2D eigenvalue weighted by molar-refractivity contribution is -0.119. The quantitative estimate of drug-likeness (QED) is 0.362. The number of amides is 1. The van der Waals surface area contributed by atoms with Crippen LogP contribution in [-0.2, 0) is 16.0 Å². The fourth-order valence-electron chi connectivity index (χ4n) is 2.46. The number of methoxy groups -OCH3 is 1. The van der Waals surface area contributed by atoms with Crippen LogP contribution in [0.2, 0.25) is 0 Å². The Morgan fingerprint density at radius 3 is 2.85 bits per heavy atom. The molecule has 7 heteroatoms. The smallest absolute Gasteiger partial charge is 0.226 e. The summed E-state index contributed by atoms with van der Waals surface area (Å²) in [4.78, 5) is 15.8. The van der Waals surface area contributed by atoms with Crippen LogP contribution in [0.15, 0.2) is 42.7 Å². The van der Waals surface area contributed by atoms with Crippen LogP contribution in [0.3, 0.4) is 0 Å². The summed E-state index contributed by atoms with van der Waals surface area (Å²) < 4.78 is 11.0. The molecule has 4 N–H and O–H groups in total. The molecule has 26 heavy (non-hydrogen) atoms. The van der Waals surface area contributed by atoms with Crippen LogP contribution in [0.1, 0.15) is 18.4 Å². The van der Waals surface area contributed by atoms with Gasteiger partial charge in [0, 0.05) is 50.1 Å². The summed E-state index contributed by atoms with van der Waals surface area (Å²) in [6, 6.07) is 9.73. The average molecular weight is 356 g/mol. The third-order valence-electron chi connectivity index (χ3n) is 3.68. The largest absolute Gasteiger partial charge is 0.493 e. The highest BCUT2D eigenvalue weighted by Crippen LogP contribution is 2.31. The molecule has 7 nitrogen and oxygen atoms in total. The molecule has 0 radical (unpaired) electrons. The van der Waals surface area contributed by atoms with Crippen LogP contribution in [0.25, 0.3) is 11.1 Å². The van der Waals surface area contributed by atoms with Crippen molar-refractivity contribution in [3.05, 3.63) is 48.3 Å². The Labute approximate surface area is 153 Å². The van der Waals surface area contributed by atoms with Crippen LogP contribution >= 0.6 is 0 Å². The molecule has 0 aliphatic rings. The standard InChI is InChI=1S/C19H24N4O3/c1-25-10-3-11-26-17-12-14(6-8-18(24)23-19(20)21)5-7-16(17)15-4-2-9-22-13-15/h2,4-5,7,9,12-13H,3,6,8,10-11H2,1H3,(H4,20,21,23,24). The minimum atomic E-state index is -0.343. The summed E-state index contributed by atoms with van der Waals surface area (Å²) >= 11 is 0. The lowest BCUT2D eigenvalue weighted by atomic mass is 10.0. The van der Waals surface area contributed by atoms with Gasteiger partial charge in [-0.2, -0.15) is 0 Å². The third kappa shape index (κ3) is 6.18. The third-order valence-corrected chi connectivity index (χ3v) is 3.68. The number of hydrogen-bond donors (Lipinski definition) is 3. The topological polar surface area (TPSA) is 110 Å². The first-order valence-electron chi connectivity index (χ1n) is 8.39. The lowest BCUT2D eigenvalue weighted by Gasteiger charge is -2.13. The van der Waals surface area contributed by atoms with E-state index in [0.29, 0.717) is 19.6 Å². The zero-order valence-electron chi connectivity index (χ0n) is 14.8. The molecule has 1 amide bonds. The van der Waals surface area contributed by atoms with Crippen molar-refractivity contribution in [1.82, 2.24) is 10.3 Å². The number of nitrogens with two attached hydrogens (primary N) is 1. The van der Waals surface area contributed by atoms with E-state index in [1.807, 2.05) is 30.3 Å². The van der Waals surface area contributed by atoms with Gasteiger partial charge in [0.05, 0.1) is 6.61 Å². The Kier molecular flexibility index (Phi) is 7.57. The molecule has 0 saturated heterocycles. The minimum absolute atomic E-state index is 0.245. The summed E-state index contributed by atoms with van der Waals surface area (Å²) in [5.74, 6) is 0.124. The summed E-state index contributed by atoms with van der Waals surface area (Å²) in [5, 5.41) is 9.37. The molecule has 1 aromatic carbocycles. The minimum Gasteiger partial charge on any atom is -0.493 e. The molecular weight excluding hydrogens is 332 g/mol. The second-order valence-corrected chi connectivity index (χ2v) is 5.73. The zero-order valence-corrected chi connectivity index (χ0v) is 14.8. The molecule has 0 unspecified atom stereocenters. The van der Waals surface area contributed by atoms with Crippen LogP contribution < -0.4 is 15.8 Å². The molecule has 0 fully saturated rings. The lowest BCUT2D eigenvalue weighted by Crippen LogP contribution is -2.35. The number of aryl methyl sites for hydroxylation is 1. The van der Waals surface area contributed by atoms with Gasteiger partial charge in [0.1, 0.15) is 5.75 Å². The van der Waals surface area contributed by atoms with Gasteiger partial charge in [0.15, 0.2) is 5.96 Å². The number of hydrogen-bond acceptors (Lipinski definition) is 5. The summed E-state index contributed by atoms with van der Waals surface area (Å²) in [6.45, 7) is 1.17. The summed E-state index contributed by atoms with van der Waals surface area (Å²) in [6.07, 6.45) is 5.08. The number of carbonyl (C=O) groups excluding carboxylic acids is 1. The van der Waals surface area contributed by atoms with E-state index >= 15 is 0 Å². The summed E-state index contributed by atoms with van der Waals surface area (Å²) in [7, 11) is 1.66. The van der Waals surface area contributed by atoms with Crippen molar-refractivity contribution in [2.45, 2.75) is 19.3 Å². The second kappa shape index (κ2) is 10.1. The maximum Gasteiger partial charge on any atom is 0.226 e. The molecule has 2 rings (SSSR count). The van der Waals surface area contributed by atoms with Crippen molar-refractivity contribution >= 4 is 11.9 Å². The zero-order chi connectivity index (χ0) is 18.8. The fraction of sp³-hybridized carbons (Fsp3) is 0.316. The predicted octanol–water partition coefficient (Wildman–Crippen LogP) is 2.11. The van der Waals surface area contributed by atoms with Gasteiger partial charge in [-0.25, -0.2) is 0 Å². The number of nitrogens with zero attached hydrogens (tertiary/aromatic N) is 1.